The first-order chi connectivity index (χ1) is 12.7. The molecule has 27 heavy (non-hydrogen) atoms. The Hall–Kier alpha value is -2.14. The van der Waals surface area contributed by atoms with Crippen molar-refractivity contribution >= 4 is 11.7 Å². The Morgan fingerprint density at radius 2 is 1.93 bits per heavy atom. The lowest BCUT2D eigenvalue weighted by Crippen LogP contribution is -2.38. The molecule has 1 aromatic rings. The Bertz CT molecular complexity index is 752. The molecule has 2 unspecified atom stereocenters. The number of Topliss-reactive ketones (excluding diaryl/α,β-unsaturated/α-hetero) is 1. The number of hydrogen-bond acceptors (Lipinski definition) is 4. The molecule has 2 aliphatic rings. The number of benzene rings is 1. The van der Waals surface area contributed by atoms with Crippen molar-refractivity contribution in [2.24, 2.45) is 5.41 Å². The average molecular weight is 371 g/mol. The summed E-state index contributed by atoms with van der Waals surface area (Å²) < 4.78 is 5.70. The molecule has 2 atom stereocenters. The van der Waals surface area contributed by atoms with Crippen LogP contribution in [0.5, 0.6) is 0 Å². The molecule has 2 heterocycles. The molecule has 0 radical (unpaired) electrons. The van der Waals surface area contributed by atoms with Gasteiger partial charge >= 0.3 is 0 Å². The van der Waals surface area contributed by atoms with Gasteiger partial charge in [0.15, 0.2) is 11.5 Å². The number of rotatable bonds is 5. The molecule has 5 heteroatoms. The van der Waals surface area contributed by atoms with Gasteiger partial charge in [0, 0.05) is 18.6 Å². The summed E-state index contributed by atoms with van der Waals surface area (Å²) in [6.07, 6.45) is 2.71. The third-order valence-corrected chi connectivity index (χ3v) is 5.36. The molecular weight excluding hydrogens is 342 g/mol. The maximum atomic E-state index is 13.1. The number of hydrogen-bond donors (Lipinski definition) is 1. The van der Waals surface area contributed by atoms with Crippen LogP contribution in [0.3, 0.4) is 0 Å². The van der Waals surface area contributed by atoms with Gasteiger partial charge in [0.1, 0.15) is 0 Å². The molecule has 0 spiro atoms. The Kier molecular flexibility index (Phi) is 5.43. The van der Waals surface area contributed by atoms with Crippen LogP contribution in [0.1, 0.15) is 57.7 Å². The third kappa shape index (κ3) is 3.79. The molecule has 1 fully saturated rings. The van der Waals surface area contributed by atoms with Crippen molar-refractivity contribution in [1.82, 2.24) is 4.90 Å². The van der Waals surface area contributed by atoms with E-state index in [0.717, 1.165) is 24.8 Å². The van der Waals surface area contributed by atoms with E-state index in [1.54, 1.807) is 25.7 Å². The lowest BCUT2D eigenvalue weighted by atomic mass is 9.82. The van der Waals surface area contributed by atoms with Crippen LogP contribution in [0.25, 0.3) is 0 Å². The van der Waals surface area contributed by atoms with Gasteiger partial charge in [-0.3, -0.25) is 9.59 Å². The summed E-state index contributed by atoms with van der Waals surface area (Å²) in [6, 6.07) is 7.36. The number of aliphatic hydroxyl groups is 1. The molecular formula is C22H29NO4. The summed E-state index contributed by atoms with van der Waals surface area (Å²) in [6.45, 7) is 8.57. The molecule has 0 saturated carbocycles. The standard InChI is InChI=1S/C22H29NO4/c1-5-14-8-10-15(11-9-14)18-17(20(25)22(2,3)4)19(24)21(26)23(18)13-16-7-6-12-27-16/h8-11,16,18,24H,5-7,12-13H2,1-4H3. The molecule has 0 aliphatic carbocycles. The molecule has 1 amide bonds. The largest absolute Gasteiger partial charge is 0.503 e. The first-order valence-corrected chi connectivity index (χ1v) is 9.73. The molecule has 1 aromatic carbocycles. The summed E-state index contributed by atoms with van der Waals surface area (Å²) in [5.41, 5.74) is 1.54. The van der Waals surface area contributed by atoms with Crippen molar-refractivity contribution < 1.29 is 19.4 Å². The summed E-state index contributed by atoms with van der Waals surface area (Å²) in [5.74, 6) is -1.10. The summed E-state index contributed by atoms with van der Waals surface area (Å²) in [4.78, 5) is 27.5. The second-order valence-electron chi connectivity index (χ2n) is 8.43. The SMILES string of the molecule is CCc1ccc(C2C(C(=O)C(C)(C)C)=C(O)C(=O)N2CC2CCCO2)cc1. The summed E-state index contributed by atoms with van der Waals surface area (Å²) in [7, 11) is 0. The minimum atomic E-state index is -0.689. The van der Waals surface area contributed by atoms with Crippen molar-refractivity contribution in [3.8, 4) is 0 Å². The molecule has 0 aromatic heterocycles. The highest BCUT2D eigenvalue weighted by molar-refractivity contribution is 6.10. The molecule has 146 valence electrons. The second kappa shape index (κ2) is 7.47. The van der Waals surface area contributed by atoms with Crippen LogP contribution < -0.4 is 0 Å². The lowest BCUT2D eigenvalue weighted by molar-refractivity contribution is -0.131. The zero-order valence-electron chi connectivity index (χ0n) is 16.6. The highest BCUT2D eigenvalue weighted by atomic mass is 16.5. The summed E-state index contributed by atoms with van der Waals surface area (Å²) >= 11 is 0. The van der Waals surface area contributed by atoms with E-state index in [2.05, 4.69) is 6.92 Å². The number of carbonyl (C=O) groups excluding carboxylic acids is 2. The predicted molar refractivity (Wildman–Crippen MR) is 103 cm³/mol. The van der Waals surface area contributed by atoms with E-state index < -0.39 is 23.1 Å². The molecule has 1 N–H and O–H groups in total. The van der Waals surface area contributed by atoms with E-state index in [1.807, 2.05) is 24.3 Å². The number of nitrogens with zero attached hydrogens (tertiary/aromatic N) is 1. The maximum absolute atomic E-state index is 13.1. The minimum Gasteiger partial charge on any atom is -0.503 e. The number of carbonyl (C=O) groups is 2. The van der Waals surface area contributed by atoms with Gasteiger partial charge in [-0.1, -0.05) is 52.0 Å². The fraction of sp³-hybridized carbons (Fsp3) is 0.545. The number of ether oxygens (including phenoxy) is 1. The number of ketones is 1. The smallest absolute Gasteiger partial charge is 0.290 e. The fourth-order valence-corrected chi connectivity index (χ4v) is 3.77. The van der Waals surface area contributed by atoms with Gasteiger partial charge in [0.25, 0.3) is 5.91 Å². The minimum absolute atomic E-state index is 0.0525. The van der Waals surface area contributed by atoms with Crippen molar-refractivity contribution in [1.29, 1.82) is 0 Å². The zero-order chi connectivity index (χ0) is 19.8. The normalized spacial score (nSPS) is 23.4. The Labute approximate surface area is 161 Å². The van der Waals surface area contributed by atoms with Crippen LogP contribution in [0, 0.1) is 5.41 Å². The van der Waals surface area contributed by atoms with Gasteiger partial charge in [-0.15, -0.1) is 0 Å². The zero-order valence-corrected chi connectivity index (χ0v) is 16.6. The van der Waals surface area contributed by atoms with Gasteiger partial charge in [-0.25, -0.2) is 0 Å². The van der Waals surface area contributed by atoms with E-state index in [0.29, 0.717) is 13.2 Å². The highest BCUT2D eigenvalue weighted by Gasteiger charge is 2.46. The highest BCUT2D eigenvalue weighted by Crippen LogP contribution is 2.41. The van der Waals surface area contributed by atoms with Crippen LogP contribution >= 0.6 is 0 Å². The Morgan fingerprint density at radius 3 is 2.44 bits per heavy atom. The van der Waals surface area contributed by atoms with Gasteiger partial charge in [0.05, 0.1) is 17.7 Å². The van der Waals surface area contributed by atoms with E-state index in [1.165, 1.54) is 5.56 Å². The van der Waals surface area contributed by atoms with Gasteiger partial charge in [-0.2, -0.15) is 0 Å². The fourth-order valence-electron chi connectivity index (χ4n) is 3.77. The maximum Gasteiger partial charge on any atom is 0.290 e. The van der Waals surface area contributed by atoms with E-state index in [4.69, 9.17) is 4.74 Å². The van der Waals surface area contributed by atoms with Crippen LogP contribution in [0.2, 0.25) is 0 Å². The molecule has 2 aliphatic heterocycles. The van der Waals surface area contributed by atoms with Crippen molar-refractivity contribution in [2.45, 2.75) is 59.1 Å². The van der Waals surface area contributed by atoms with Gasteiger partial charge in [0.2, 0.25) is 0 Å². The second-order valence-corrected chi connectivity index (χ2v) is 8.43. The van der Waals surface area contributed by atoms with Crippen molar-refractivity contribution in [3.05, 3.63) is 46.7 Å². The number of amides is 1. The van der Waals surface area contributed by atoms with E-state index in [9.17, 15) is 14.7 Å². The van der Waals surface area contributed by atoms with E-state index >= 15 is 0 Å². The number of aryl methyl sites for hydroxylation is 1. The molecule has 3 rings (SSSR count). The predicted octanol–water partition coefficient (Wildman–Crippen LogP) is 3.74. The van der Waals surface area contributed by atoms with Crippen LogP contribution in [0.4, 0.5) is 0 Å². The van der Waals surface area contributed by atoms with Crippen molar-refractivity contribution in [3.63, 3.8) is 0 Å². The average Bonchev–Trinajstić information content (AvgIpc) is 3.23. The van der Waals surface area contributed by atoms with Gasteiger partial charge in [-0.05, 0) is 30.4 Å². The lowest BCUT2D eigenvalue weighted by Gasteiger charge is -2.30. The van der Waals surface area contributed by atoms with E-state index in [-0.39, 0.29) is 17.5 Å². The summed E-state index contributed by atoms with van der Waals surface area (Å²) in [5, 5.41) is 10.6. The molecule has 5 nitrogen and oxygen atoms in total. The first kappa shape index (κ1) is 19.6. The number of aliphatic hydroxyl groups excluding tert-OH is 1. The van der Waals surface area contributed by atoms with Gasteiger partial charge < -0.3 is 14.7 Å². The van der Waals surface area contributed by atoms with Crippen LogP contribution in [-0.4, -0.2) is 41.0 Å². The van der Waals surface area contributed by atoms with Crippen molar-refractivity contribution in [2.75, 3.05) is 13.2 Å². The van der Waals surface area contributed by atoms with Crippen LogP contribution in [0.15, 0.2) is 35.6 Å². The molecule has 1 saturated heterocycles. The Balaban J connectivity index is 2.02. The van der Waals surface area contributed by atoms with Crippen LogP contribution in [-0.2, 0) is 20.7 Å². The first-order valence-electron chi connectivity index (χ1n) is 9.73. The Morgan fingerprint density at radius 1 is 1.26 bits per heavy atom. The topological polar surface area (TPSA) is 66.8 Å². The third-order valence-electron chi connectivity index (χ3n) is 5.36. The quantitative estimate of drug-likeness (QED) is 0.856. The monoisotopic (exact) mass is 371 g/mol. The molecule has 0 bridgehead atoms.